The molecule has 0 unspecified atom stereocenters. The molecule has 24 heavy (non-hydrogen) atoms. The van der Waals surface area contributed by atoms with Crippen LogP contribution in [0.15, 0.2) is 64.1 Å². The second-order valence-electron chi connectivity index (χ2n) is 5.65. The number of hydrogen-bond acceptors (Lipinski definition) is 4. The molecule has 2 heterocycles. The molecule has 0 spiro atoms. The molecule has 0 saturated carbocycles. The predicted molar refractivity (Wildman–Crippen MR) is 94.5 cm³/mol. The van der Waals surface area contributed by atoms with Gasteiger partial charge in [0.2, 0.25) is 0 Å². The highest BCUT2D eigenvalue weighted by atomic mass is 35.5. The SMILES string of the molecule is C[C@H](Cc1ccco1)Nc1cnn(Cc2ccccc2)c(=O)c1Cl. The lowest BCUT2D eigenvalue weighted by molar-refractivity contribution is 0.497. The Hall–Kier alpha value is -2.53. The number of nitrogens with zero attached hydrogens (tertiary/aromatic N) is 2. The summed E-state index contributed by atoms with van der Waals surface area (Å²) < 4.78 is 6.69. The number of anilines is 1. The number of furan rings is 1. The quantitative estimate of drug-likeness (QED) is 0.743. The Kier molecular flexibility index (Phi) is 5.01. The summed E-state index contributed by atoms with van der Waals surface area (Å²) in [4.78, 5) is 12.4. The van der Waals surface area contributed by atoms with E-state index in [0.29, 0.717) is 18.7 Å². The molecule has 1 N–H and O–H groups in total. The monoisotopic (exact) mass is 343 g/mol. The largest absolute Gasteiger partial charge is 0.469 e. The molecule has 0 aliphatic heterocycles. The van der Waals surface area contributed by atoms with Gasteiger partial charge in [0.25, 0.3) is 5.56 Å². The molecule has 2 aromatic heterocycles. The van der Waals surface area contributed by atoms with Crippen LogP contribution in [0.4, 0.5) is 5.69 Å². The highest BCUT2D eigenvalue weighted by molar-refractivity contribution is 6.32. The minimum absolute atomic E-state index is 0.0554. The van der Waals surface area contributed by atoms with Crippen LogP contribution < -0.4 is 10.9 Å². The molecule has 5 nitrogen and oxygen atoms in total. The normalized spacial score (nSPS) is 12.1. The molecule has 0 aliphatic rings. The third-order valence-corrected chi connectivity index (χ3v) is 4.01. The lowest BCUT2D eigenvalue weighted by atomic mass is 10.2. The zero-order valence-corrected chi connectivity index (χ0v) is 14.0. The van der Waals surface area contributed by atoms with Crippen LogP contribution in [-0.4, -0.2) is 15.8 Å². The Morgan fingerprint density at radius 3 is 2.75 bits per heavy atom. The molecule has 0 saturated heterocycles. The first kappa shape index (κ1) is 16.3. The average molecular weight is 344 g/mol. The molecular formula is C18H18ClN3O2. The topological polar surface area (TPSA) is 60.1 Å². The van der Waals surface area contributed by atoms with Gasteiger partial charge in [-0.15, -0.1) is 0 Å². The number of halogens is 1. The minimum atomic E-state index is -0.310. The van der Waals surface area contributed by atoms with Crippen LogP contribution in [0.25, 0.3) is 0 Å². The van der Waals surface area contributed by atoms with Crippen molar-refractivity contribution in [2.24, 2.45) is 0 Å². The van der Waals surface area contributed by atoms with Crippen molar-refractivity contribution in [3.05, 3.63) is 81.6 Å². The van der Waals surface area contributed by atoms with E-state index >= 15 is 0 Å². The number of hydrogen-bond donors (Lipinski definition) is 1. The summed E-state index contributed by atoms with van der Waals surface area (Å²) in [6.45, 7) is 2.38. The second-order valence-corrected chi connectivity index (χ2v) is 6.03. The van der Waals surface area contributed by atoms with Gasteiger partial charge >= 0.3 is 0 Å². The highest BCUT2D eigenvalue weighted by Crippen LogP contribution is 2.18. The van der Waals surface area contributed by atoms with Gasteiger partial charge in [-0.2, -0.15) is 5.10 Å². The molecule has 3 aromatic rings. The van der Waals surface area contributed by atoms with E-state index < -0.39 is 0 Å². The van der Waals surface area contributed by atoms with Crippen LogP contribution in [0.1, 0.15) is 18.2 Å². The van der Waals surface area contributed by atoms with Crippen LogP contribution >= 0.6 is 11.6 Å². The fourth-order valence-corrected chi connectivity index (χ4v) is 2.68. The van der Waals surface area contributed by atoms with E-state index in [0.717, 1.165) is 11.3 Å². The van der Waals surface area contributed by atoms with Gasteiger partial charge in [-0.05, 0) is 24.6 Å². The second kappa shape index (κ2) is 7.36. The molecule has 0 amide bonds. The van der Waals surface area contributed by atoms with Crippen molar-refractivity contribution in [2.45, 2.75) is 25.9 Å². The van der Waals surface area contributed by atoms with Gasteiger partial charge in [0.15, 0.2) is 0 Å². The van der Waals surface area contributed by atoms with Crippen molar-refractivity contribution in [3.8, 4) is 0 Å². The van der Waals surface area contributed by atoms with Gasteiger partial charge < -0.3 is 9.73 Å². The molecule has 0 radical (unpaired) electrons. The zero-order valence-electron chi connectivity index (χ0n) is 13.3. The first-order valence-electron chi connectivity index (χ1n) is 7.72. The highest BCUT2D eigenvalue weighted by Gasteiger charge is 2.13. The number of aromatic nitrogens is 2. The van der Waals surface area contributed by atoms with Crippen LogP contribution in [0.5, 0.6) is 0 Å². The van der Waals surface area contributed by atoms with Crippen LogP contribution in [0, 0.1) is 0 Å². The summed E-state index contributed by atoms with van der Waals surface area (Å²) >= 11 is 6.23. The predicted octanol–water partition coefficient (Wildman–Crippen LogP) is 3.58. The van der Waals surface area contributed by atoms with Crippen molar-refractivity contribution in [1.82, 2.24) is 9.78 Å². The summed E-state index contributed by atoms with van der Waals surface area (Å²) in [7, 11) is 0. The molecule has 0 bridgehead atoms. The van der Waals surface area contributed by atoms with E-state index in [1.807, 2.05) is 49.4 Å². The van der Waals surface area contributed by atoms with Crippen molar-refractivity contribution in [2.75, 3.05) is 5.32 Å². The summed E-state index contributed by atoms with van der Waals surface area (Å²) in [6, 6.07) is 13.5. The Morgan fingerprint density at radius 1 is 1.25 bits per heavy atom. The molecule has 1 aromatic carbocycles. The number of nitrogens with one attached hydrogen (secondary N) is 1. The summed E-state index contributed by atoms with van der Waals surface area (Å²) in [5.41, 5.74) is 1.22. The van der Waals surface area contributed by atoms with Gasteiger partial charge in [-0.3, -0.25) is 4.79 Å². The standard InChI is InChI=1S/C18H18ClN3O2/c1-13(10-15-8-5-9-24-15)21-16-11-20-22(18(23)17(16)19)12-14-6-3-2-4-7-14/h2-9,11,13,21H,10,12H2,1H3/t13-/m1/s1. The summed E-state index contributed by atoms with van der Waals surface area (Å²) in [6.07, 6.45) is 3.92. The van der Waals surface area contributed by atoms with Crippen molar-refractivity contribution >= 4 is 17.3 Å². The lowest BCUT2D eigenvalue weighted by Crippen LogP contribution is -2.26. The molecule has 124 valence electrons. The Morgan fingerprint density at radius 2 is 2.04 bits per heavy atom. The van der Waals surface area contributed by atoms with E-state index in [9.17, 15) is 4.79 Å². The fraction of sp³-hybridized carbons (Fsp3) is 0.222. The molecule has 6 heteroatoms. The maximum Gasteiger partial charge on any atom is 0.287 e. The zero-order chi connectivity index (χ0) is 16.9. The molecule has 0 fully saturated rings. The maximum atomic E-state index is 12.4. The van der Waals surface area contributed by atoms with Gasteiger partial charge in [0, 0.05) is 12.5 Å². The van der Waals surface area contributed by atoms with E-state index in [-0.39, 0.29) is 16.6 Å². The number of benzene rings is 1. The summed E-state index contributed by atoms with van der Waals surface area (Å²) in [5, 5.41) is 7.58. The molecular weight excluding hydrogens is 326 g/mol. The van der Waals surface area contributed by atoms with Crippen LogP contribution in [0.2, 0.25) is 5.02 Å². The van der Waals surface area contributed by atoms with Crippen LogP contribution in [-0.2, 0) is 13.0 Å². The first-order valence-corrected chi connectivity index (χ1v) is 8.10. The lowest BCUT2D eigenvalue weighted by Gasteiger charge is -2.15. The van der Waals surface area contributed by atoms with Crippen LogP contribution in [0.3, 0.4) is 0 Å². The smallest absolute Gasteiger partial charge is 0.287 e. The summed E-state index contributed by atoms with van der Waals surface area (Å²) in [5.74, 6) is 0.872. The third kappa shape index (κ3) is 3.86. The van der Waals surface area contributed by atoms with Crippen molar-refractivity contribution < 1.29 is 4.42 Å². The van der Waals surface area contributed by atoms with Gasteiger partial charge in [0.05, 0.1) is 24.7 Å². The van der Waals surface area contributed by atoms with E-state index in [4.69, 9.17) is 16.0 Å². The Bertz CT molecular complexity index is 844. The minimum Gasteiger partial charge on any atom is -0.469 e. The Labute approximate surface area is 144 Å². The Balaban J connectivity index is 1.73. The fourth-order valence-electron chi connectivity index (χ4n) is 2.48. The average Bonchev–Trinajstić information content (AvgIpc) is 3.08. The first-order chi connectivity index (χ1) is 11.6. The third-order valence-electron chi connectivity index (χ3n) is 3.65. The maximum absolute atomic E-state index is 12.4. The van der Waals surface area contributed by atoms with Crippen molar-refractivity contribution in [1.29, 1.82) is 0 Å². The number of rotatable bonds is 6. The van der Waals surface area contributed by atoms with Gasteiger partial charge in [-0.25, -0.2) is 4.68 Å². The molecule has 3 rings (SSSR count). The van der Waals surface area contributed by atoms with E-state index in [1.54, 1.807) is 12.5 Å². The molecule has 1 atom stereocenters. The van der Waals surface area contributed by atoms with E-state index in [1.165, 1.54) is 4.68 Å². The van der Waals surface area contributed by atoms with E-state index in [2.05, 4.69) is 10.4 Å². The van der Waals surface area contributed by atoms with Gasteiger partial charge in [0.1, 0.15) is 10.8 Å². The van der Waals surface area contributed by atoms with Crippen molar-refractivity contribution in [3.63, 3.8) is 0 Å². The molecule has 0 aliphatic carbocycles. The van der Waals surface area contributed by atoms with Gasteiger partial charge in [-0.1, -0.05) is 41.9 Å².